The fraction of sp³-hybridized carbons (Fsp3) is 0.118. The van der Waals surface area contributed by atoms with Crippen molar-refractivity contribution >= 4 is 27.3 Å². The van der Waals surface area contributed by atoms with Crippen LogP contribution >= 0.6 is 11.6 Å². The molecule has 25 heavy (non-hydrogen) atoms. The highest BCUT2D eigenvalue weighted by atomic mass is 35.5. The zero-order valence-electron chi connectivity index (χ0n) is 13.0. The largest absolute Gasteiger partial charge is 0.409 e. The van der Waals surface area contributed by atoms with Crippen LogP contribution in [0, 0.1) is 6.92 Å². The van der Waals surface area contributed by atoms with Gasteiger partial charge in [0.25, 0.3) is 10.0 Å². The molecule has 0 aliphatic rings. The molecule has 0 amide bonds. The summed E-state index contributed by atoms with van der Waals surface area (Å²) in [4.78, 5) is -0.113. The summed E-state index contributed by atoms with van der Waals surface area (Å²) in [5, 5.41) is 0.248. The van der Waals surface area contributed by atoms with Crippen LogP contribution in [-0.2, 0) is 10.0 Å². The van der Waals surface area contributed by atoms with Gasteiger partial charge in [0.1, 0.15) is 0 Å². The van der Waals surface area contributed by atoms with Crippen molar-refractivity contribution in [3.63, 3.8) is 0 Å². The second kappa shape index (κ2) is 7.41. The number of sulfonamides is 1. The number of hydrogen-bond acceptors (Lipinski definition) is 2. The van der Waals surface area contributed by atoms with Gasteiger partial charge < -0.3 is 0 Å². The molecule has 3 nitrogen and oxygen atoms in total. The third-order valence-corrected chi connectivity index (χ3v) is 4.63. The molecule has 0 radical (unpaired) electrons. The van der Waals surface area contributed by atoms with Gasteiger partial charge in [-0.05, 0) is 37.3 Å². The van der Waals surface area contributed by atoms with Crippen LogP contribution in [0.25, 0.3) is 0 Å². The van der Waals surface area contributed by atoms with Crippen LogP contribution in [0.2, 0.25) is 5.02 Å². The van der Waals surface area contributed by atoms with Crippen molar-refractivity contribution in [3.05, 3.63) is 76.8 Å². The third kappa shape index (κ3) is 5.72. The predicted octanol–water partition coefficient (Wildman–Crippen LogP) is 4.94. The Labute approximate surface area is 148 Å². The van der Waals surface area contributed by atoms with Crippen molar-refractivity contribution < 1.29 is 21.6 Å². The van der Waals surface area contributed by atoms with Gasteiger partial charge >= 0.3 is 6.18 Å². The highest BCUT2D eigenvalue weighted by Gasteiger charge is 2.23. The Morgan fingerprint density at radius 1 is 1.12 bits per heavy atom. The van der Waals surface area contributed by atoms with Crippen molar-refractivity contribution in [2.24, 2.45) is 4.40 Å². The maximum absolute atomic E-state index is 12.5. The average molecular weight is 388 g/mol. The molecule has 0 fully saturated rings. The topological polar surface area (TPSA) is 46.5 Å². The van der Waals surface area contributed by atoms with E-state index in [-0.39, 0.29) is 27.3 Å². The van der Waals surface area contributed by atoms with Gasteiger partial charge in [0.2, 0.25) is 0 Å². The summed E-state index contributed by atoms with van der Waals surface area (Å²) in [6, 6.07) is 11.6. The summed E-state index contributed by atoms with van der Waals surface area (Å²) in [6.07, 6.45) is -4.07. The summed E-state index contributed by atoms with van der Waals surface area (Å²) in [5.74, 6) is 0. The first-order valence-corrected chi connectivity index (χ1v) is 8.82. The van der Waals surface area contributed by atoms with E-state index in [1.165, 1.54) is 36.4 Å². The van der Waals surface area contributed by atoms with E-state index in [2.05, 4.69) is 4.40 Å². The number of benzene rings is 2. The molecule has 0 spiro atoms. The molecule has 8 heteroatoms. The number of aryl methyl sites for hydroxylation is 1. The van der Waals surface area contributed by atoms with Crippen molar-refractivity contribution in [3.8, 4) is 0 Å². The number of allylic oxidation sites excluding steroid dienone is 2. The van der Waals surface area contributed by atoms with E-state index in [1.807, 2.05) is 0 Å². The van der Waals surface area contributed by atoms with Crippen LogP contribution in [0.5, 0.6) is 0 Å². The molecule has 132 valence electrons. The van der Waals surface area contributed by atoms with Crippen molar-refractivity contribution in [2.45, 2.75) is 18.0 Å². The second-order valence-electron chi connectivity index (χ2n) is 5.15. The number of rotatable bonds is 4. The molecule has 0 heterocycles. The standard InChI is InChI=1S/C17H13ClF3NO2S/c1-12-5-7-15(8-6-12)25(23,24)22-16(9-10-17(19,20)21)13-3-2-4-14(18)11-13/h2-11H,1H3/b10-9+,22-16?. The minimum Gasteiger partial charge on any atom is -0.199 e. The number of nitrogens with zero attached hydrogens (tertiary/aromatic N) is 1. The Balaban J connectivity index is 2.55. The molecule has 0 atom stereocenters. The average Bonchev–Trinajstić information content (AvgIpc) is 2.51. The van der Waals surface area contributed by atoms with Gasteiger partial charge in [0.05, 0.1) is 10.6 Å². The smallest absolute Gasteiger partial charge is 0.199 e. The molecule has 0 unspecified atom stereocenters. The van der Waals surface area contributed by atoms with Gasteiger partial charge in [0.15, 0.2) is 0 Å². The number of hydrogen-bond donors (Lipinski definition) is 0. The Morgan fingerprint density at radius 3 is 2.32 bits per heavy atom. The monoisotopic (exact) mass is 387 g/mol. The first-order chi connectivity index (χ1) is 11.6. The van der Waals surface area contributed by atoms with Crippen LogP contribution in [0.3, 0.4) is 0 Å². The van der Waals surface area contributed by atoms with Crippen molar-refractivity contribution in [1.82, 2.24) is 0 Å². The predicted molar refractivity (Wildman–Crippen MR) is 91.5 cm³/mol. The molecule has 0 aromatic heterocycles. The number of alkyl halides is 3. The fourth-order valence-corrected chi connectivity index (χ4v) is 3.09. The van der Waals surface area contributed by atoms with Gasteiger partial charge in [-0.25, -0.2) is 0 Å². The van der Waals surface area contributed by atoms with Gasteiger partial charge in [-0.1, -0.05) is 41.4 Å². The second-order valence-corrected chi connectivity index (χ2v) is 7.19. The van der Waals surface area contributed by atoms with E-state index >= 15 is 0 Å². The third-order valence-electron chi connectivity index (χ3n) is 3.09. The van der Waals surface area contributed by atoms with E-state index in [0.29, 0.717) is 6.08 Å². The highest BCUT2D eigenvalue weighted by Crippen LogP contribution is 2.20. The molecule has 0 bridgehead atoms. The minimum absolute atomic E-state index is 0.0720. The van der Waals surface area contributed by atoms with Crippen LogP contribution in [0.4, 0.5) is 13.2 Å². The van der Waals surface area contributed by atoms with Crippen molar-refractivity contribution in [2.75, 3.05) is 0 Å². The molecular formula is C17H13ClF3NO2S. The normalized spacial score (nSPS) is 13.4. The lowest BCUT2D eigenvalue weighted by molar-refractivity contribution is -0.0797. The molecule has 0 saturated carbocycles. The Bertz CT molecular complexity index is 918. The zero-order chi connectivity index (χ0) is 18.7. The van der Waals surface area contributed by atoms with Crippen LogP contribution < -0.4 is 0 Å². The fourth-order valence-electron chi connectivity index (χ4n) is 1.89. The summed E-state index contributed by atoms with van der Waals surface area (Å²) in [5.41, 5.74) is 0.638. The van der Waals surface area contributed by atoms with Gasteiger partial charge in [0, 0.05) is 16.7 Å². The van der Waals surface area contributed by atoms with E-state index in [4.69, 9.17) is 11.6 Å². The molecule has 2 rings (SSSR count). The summed E-state index contributed by atoms with van der Waals surface area (Å²) in [7, 11) is -4.18. The van der Waals surface area contributed by atoms with E-state index in [1.54, 1.807) is 19.1 Å². The molecule has 0 aliphatic heterocycles. The molecule has 0 aliphatic carbocycles. The molecule has 2 aromatic carbocycles. The van der Waals surface area contributed by atoms with E-state index < -0.39 is 16.2 Å². The lowest BCUT2D eigenvalue weighted by Gasteiger charge is -2.06. The lowest BCUT2D eigenvalue weighted by Crippen LogP contribution is -2.07. The summed E-state index contributed by atoms with van der Waals surface area (Å²) in [6.45, 7) is 1.78. The molecule has 2 aromatic rings. The Hall–Kier alpha value is -2.12. The maximum atomic E-state index is 12.5. The van der Waals surface area contributed by atoms with E-state index in [9.17, 15) is 21.6 Å². The van der Waals surface area contributed by atoms with Gasteiger partial charge in [-0.2, -0.15) is 26.0 Å². The Morgan fingerprint density at radius 2 is 1.76 bits per heavy atom. The lowest BCUT2D eigenvalue weighted by atomic mass is 10.1. The number of halogens is 4. The SMILES string of the molecule is Cc1ccc(S(=O)(=O)N=C(/C=C/C(F)(F)F)c2cccc(Cl)c2)cc1. The highest BCUT2D eigenvalue weighted by molar-refractivity contribution is 7.90. The van der Waals surface area contributed by atoms with Crippen molar-refractivity contribution in [1.29, 1.82) is 0 Å². The summed E-state index contributed by atoms with van der Waals surface area (Å²) >= 11 is 5.83. The molecular weight excluding hydrogens is 375 g/mol. The van der Waals surface area contributed by atoms with Crippen LogP contribution in [0.1, 0.15) is 11.1 Å². The first-order valence-electron chi connectivity index (χ1n) is 7.00. The quantitative estimate of drug-likeness (QED) is 0.697. The minimum atomic E-state index is -4.60. The first kappa shape index (κ1) is 19.2. The molecule has 0 N–H and O–H groups in total. The zero-order valence-corrected chi connectivity index (χ0v) is 14.5. The van der Waals surface area contributed by atoms with Crippen LogP contribution in [0.15, 0.2) is 70.0 Å². The molecule has 0 saturated heterocycles. The van der Waals surface area contributed by atoms with Crippen LogP contribution in [-0.4, -0.2) is 20.3 Å². The Kier molecular flexibility index (Phi) is 5.69. The van der Waals surface area contributed by atoms with E-state index in [0.717, 1.165) is 5.56 Å². The van der Waals surface area contributed by atoms with Gasteiger partial charge in [-0.3, -0.25) is 0 Å². The summed E-state index contributed by atoms with van der Waals surface area (Å²) < 4.78 is 65.9. The maximum Gasteiger partial charge on any atom is 0.409 e. The van der Waals surface area contributed by atoms with Gasteiger partial charge in [-0.15, -0.1) is 0 Å².